The third-order valence-electron chi connectivity index (χ3n) is 2.01. The van der Waals surface area contributed by atoms with Crippen molar-refractivity contribution >= 4 is 6.29 Å². The molecule has 0 spiro atoms. The van der Waals surface area contributed by atoms with Crippen LogP contribution in [0.2, 0.25) is 0 Å². The summed E-state index contributed by atoms with van der Waals surface area (Å²) in [5.41, 5.74) is 0. The molecule has 0 fully saturated rings. The average molecular weight is 218 g/mol. The van der Waals surface area contributed by atoms with E-state index in [-0.39, 0.29) is 0 Å². The minimum atomic E-state index is 0.691. The molecule has 0 aromatic heterocycles. The monoisotopic (exact) mass is 218 g/mol. The smallest absolute Gasteiger partial charge is 0.119 e. The molecule has 0 atom stereocenters. The van der Waals surface area contributed by atoms with Crippen molar-refractivity contribution in [3.8, 4) is 0 Å². The maximum Gasteiger partial charge on any atom is 0.119 e. The average Bonchev–Trinajstić information content (AvgIpc) is 2.31. The molecular formula is C15H22O. The van der Waals surface area contributed by atoms with E-state index in [0.29, 0.717) is 6.42 Å². The number of carbonyl (C=O) groups is 1. The second-order valence-corrected chi connectivity index (χ2v) is 3.49. The summed E-state index contributed by atoms with van der Waals surface area (Å²) in [5, 5.41) is 0. The molecule has 0 unspecified atom stereocenters. The molecule has 0 aliphatic heterocycles. The van der Waals surface area contributed by atoms with Gasteiger partial charge in [-0.3, -0.25) is 0 Å². The van der Waals surface area contributed by atoms with Crippen LogP contribution in [0.3, 0.4) is 0 Å². The first-order chi connectivity index (χ1) is 7.91. The Kier molecular flexibility index (Phi) is 12.5. The Labute approximate surface area is 99.3 Å². The Bertz CT molecular complexity index is 257. The maximum absolute atomic E-state index is 10.0. The van der Waals surface area contributed by atoms with Gasteiger partial charge in [-0.15, -0.1) is 0 Å². The molecule has 1 nitrogen and oxygen atoms in total. The Morgan fingerprint density at radius 1 is 0.750 bits per heavy atom. The van der Waals surface area contributed by atoms with Gasteiger partial charge in [-0.05, 0) is 25.7 Å². The molecule has 0 heterocycles. The van der Waals surface area contributed by atoms with Crippen LogP contribution in [0, 0.1) is 0 Å². The van der Waals surface area contributed by atoms with E-state index < -0.39 is 0 Å². The Morgan fingerprint density at radius 3 is 1.94 bits per heavy atom. The highest BCUT2D eigenvalue weighted by Crippen LogP contribution is 1.98. The van der Waals surface area contributed by atoms with Crippen LogP contribution in [0.25, 0.3) is 0 Å². The Morgan fingerprint density at radius 2 is 1.31 bits per heavy atom. The van der Waals surface area contributed by atoms with Crippen molar-refractivity contribution in [2.45, 2.75) is 39.0 Å². The summed E-state index contributed by atoms with van der Waals surface area (Å²) >= 11 is 0. The van der Waals surface area contributed by atoms with Crippen molar-refractivity contribution in [2.75, 3.05) is 0 Å². The molecule has 1 heteroatoms. The van der Waals surface area contributed by atoms with E-state index in [1.807, 2.05) is 30.4 Å². The lowest BCUT2D eigenvalue weighted by Gasteiger charge is -1.89. The molecule has 0 bridgehead atoms. The predicted octanol–water partition coefficient (Wildman–Crippen LogP) is 4.38. The lowest BCUT2D eigenvalue weighted by Crippen LogP contribution is -1.75. The lowest BCUT2D eigenvalue weighted by atomic mass is 10.2. The zero-order valence-corrected chi connectivity index (χ0v) is 10.1. The van der Waals surface area contributed by atoms with Crippen LogP contribution in [-0.2, 0) is 4.79 Å². The van der Waals surface area contributed by atoms with Crippen molar-refractivity contribution in [1.82, 2.24) is 0 Å². The van der Waals surface area contributed by atoms with Crippen LogP contribution < -0.4 is 0 Å². The molecule has 0 saturated heterocycles. The molecule has 0 radical (unpaired) electrons. The van der Waals surface area contributed by atoms with Gasteiger partial charge in [0.25, 0.3) is 0 Å². The van der Waals surface area contributed by atoms with E-state index in [4.69, 9.17) is 0 Å². The topological polar surface area (TPSA) is 17.1 Å². The zero-order valence-electron chi connectivity index (χ0n) is 10.1. The summed E-state index contributed by atoms with van der Waals surface area (Å²) in [5.74, 6) is 0. The first kappa shape index (κ1) is 14.6. The summed E-state index contributed by atoms with van der Waals surface area (Å²) in [4.78, 5) is 10.0. The fourth-order valence-electron chi connectivity index (χ4n) is 1.14. The van der Waals surface area contributed by atoms with Crippen LogP contribution in [-0.4, -0.2) is 6.29 Å². The van der Waals surface area contributed by atoms with Gasteiger partial charge in [-0.25, -0.2) is 0 Å². The van der Waals surface area contributed by atoms with Gasteiger partial charge < -0.3 is 4.79 Å². The van der Waals surface area contributed by atoms with E-state index in [1.165, 1.54) is 0 Å². The molecule has 0 saturated carbocycles. The number of carbonyl (C=O) groups excluding carboxylic acids is 1. The molecule has 0 N–H and O–H groups in total. The Balaban J connectivity index is 3.44. The van der Waals surface area contributed by atoms with Crippen LogP contribution in [0.15, 0.2) is 48.6 Å². The number of hydrogen-bond donors (Lipinski definition) is 0. The van der Waals surface area contributed by atoms with Gasteiger partial charge >= 0.3 is 0 Å². The number of aldehydes is 1. The summed E-state index contributed by atoms with van der Waals surface area (Å²) in [6.07, 6.45) is 22.3. The highest BCUT2D eigenvalue weighted by Gasteiger charge is 1.82. The standard InChI is InChI=1S/C15H22O/c1-2-3-4-5-6-7-8-9-10-11-12-13-14-15-16/h3-10,15H,2,11-14H2,1H3. The van der Waals surface area contributed by atoms with E-state index in [1.54, 1.807) is 0 Å². The van der Waals surface area contributed by atoms with Gasteiger partial charge in [0, 0.05) is 6.42 Å². The van der Waals surface area contributed by atoms with Gasteiger partial charge in [0.15, 0.2) is 0 Å². The molecular weight excluding hydrogens is 196 g/mol. The van der Waals surface area contributed by atoms with Crippen LogP contribution in [0.4, 0.5) is 0 Å². The first-order valence-electron chi connectivity index (χ1n) is 6.00. The van der Waals surface area contributed by atoms with Gasteiger partial charge in [0.2, 0.25) is 0 Å². The second-order valence-electron chi connectivity index (χ2n) is 3.49. The van der Waals surface area contributed by atoms with Crippen LogP contribution in [0.1, 0.15) is 39.0 Å². The quantitative estimate of drug-likeness (QED) is 0.319. The van der Waals surface area contributed by atoms with Crippen molar-refractivity contribution in [3.63, 3.8) is 0 Å². The molecule has 0 aromatic carbocycles. The zero-order chi connectivity index (χ0) is 11.9. The van der Waals surface area contributed by atoms with E-state index in [9.17, 15) is 4.79 Å². The summed E-state index contributed by atoms with van der Waals surface area (Å²) < 4.78 is 0. The van der Waals surface area contributed by atoms with Crippen molar-refractivity contribution in [2.24, 2.45) is 0 Å². The SMILES string of the molecule is CCC=CC=CC=CC=CCCCCC=O. The molecule has 0 rings (SSSR count). The third-order valence-corrected chi connectivity index (χ3v) is 2.01. The molecule has 0 aromatic rings. The number of hydrogen-bond acceptors (Lipinski definition) is 1. The first-order valence-corrected chi connectivity index (χ1v) is 6.00. The van der Waals surface area contributed by atoms with Gasteiger partial charge in [-0.1, -0.05) is 55.5 Å². The van der Waals surface area contributed by atoms with E-state index >= 15 is 0 Å². The minimum Gasteiger partial charge on any atom is -0.303 e. The maximum atomic E-state index is 10.0. The molecule has 0 aliphatic rings. The summed E-state index contributed by atoms with van der Waals surface area (Å²) in [6, 6.07) is 0. The largest absolute Gasteiger partial charge is 0.303 e. The second kappa shape index (κ2) is 13.6. The van der Waals surface area contributed by atoms with E-state index in [0.717, 1.165) is 32.0 Å². The summed E-state index contributed by atoms with van der Waals surface area (Å²) in [6.45, 7) is 2.12. The molecule has 16 heavy (non-hydrogen) atoms. The third kappa shape index (κ3) is 12.6. The lowest BCUT2D eigenvalue weighted by molar-refractivity contribution is -0.107. The number of rotatable bonds is 9. The van der Waals surface area contributed by atoms with Gasteiger partial charge in [0.1, 0.15) is 6.29 Å². The highest BCUT2D eigenvalue weighted by molar-refractivity contribution is 5.48. The van der Waals surface area contributed by atoms with Gasteiger partial charge in [-0.2, -0.15) is 0 Å². The summed E-state index contributed by atoms with van der Waals surface area (Å²) in [7, 11) is 0. The molecule has 88 valence electrons. The van der Waals surface area contributed by atoms with Crippen LogP contribution >= 0.6 is 0 Å². The van der Waals surface area contributed by atoms with Crippen molar-refractivity contribution < 1.29 is 4.79 Å². The normalized spacial score (nSPS) is 12.6. The number of allylic oxidation sites excluding steroid dienone is 8. The van der Waals surface area contributed by atoms with Crippen molar-refractivity contribution in [3.05, 3.63) is 48.6 Å². The Hall–Kier alpha value is -1.37. The minimum absolute atomic E-state index is 0.691. The van der Waals surface area contributed by atoms with Crippen LogP contribution in [0.5, 0.6) is 0 Å². The van der Waals surface area contributed by atoms with Gasteiger partial charge in [0.05, 0.1) is 0 Å². The molecule has 0 amide bonds. The van der Waals surface area contributed by atoms with E-state index in [2.05, 4.69) is 25.2 Å². The number of unbranched alkanes of at least 4 members (excludes halogenated alkanes) is 3. The van der Waals surface area contributed by atoms with Crippen molar-refractivity contribution in [1.29, 1.82) is 0 Å². The highest BCUT2D eigenvalue weighted by atomic mass is 16.1. The molecule has 0 aliphatic carbocycles. The fourth-order valence-corrected chi connectivity index (χ4v) is 1.14. The fraction of sp³-hybridized carbons (Fsp3) is 0.400. The predicted molar refractivity (Wildman–Crippen MR) is 71.4 cm³/mol.